The number of carbonyl (C=O) groups is 1. The summed E-state index contributed by atoms with van der Waals surface area (Å²) in [5, 5.41) is 12.4. The highest BCUT2D eigenvalue weighted by molar-refractivity contribution is 5.96. The molecule has 0 bridgehead atoms. The number of fused-ring (bicyclic) bond motifs is 1. The van der Waals surface area contributed by atoms with Gasteiger partial charge in [0.1, 0.15) is 11.8 Å². The Kier molecular flexibility index (Phi) is 5.43. The number of piperazine rings is 1. The largest absolute Gasteiger partial charge is 0.367 e. The van der Waals surface area contributed by atoms with Crippen molar-refractivity contribution < 1.29 is 4.79 Å². The third kappa shape index (κ3) is 3.81. The predicted molar refractivity (Wildman–Crippen MR) is 102 cm³/mol. The molecule has 1 aromatic heterocycles. The lowest BCUT2D eigenvalue weighted by atomic mass is 10.1. The monoisotopic (exact) mass is 354 g/mol. The Labute approximate surface area is 154 Å². The number of amides is 1. The van der Waals surface area contributed by atoms with Gasteiger partial charge in [-0.3, -0.25) is 4.57 Å². The molecule has 138 valence electrons. The average Bonchev–Trinajstić information content (AvgIpc) is 3.05. The van der Waals surface area contributed by atoms with E-state index in [4.69, 9.17) is 0 Å². The molecule has 3 rings (SSSR count). The van der Waals surface area contributed by atoms with Gasteiger partial charge >= 0.3 is 6.03 Å². The lowest BCUT2D eigenvalue weighted by Gasteiger charge is -2.34. The van der Waals surface area contributed by atoms with Crippen LogP contribution in [0.1, 0.15) is 25.8 Å². The molecule has 1 aliphatic heterocycles. The second-order valence-electron chi connectivity index (χ2n) is 7.29. The molecule has 1 aromatic carbocycles. The van der Waals surface area contributed by atoms with Gasteiger partial charge in [-0.25, -0.2) is 9.78 Å². The molecule has 1 aliphatic rings. The Morgan fingerprint density at radius 3 is 2.69 bits per heavy atom. The van der Waals surface area contributed by atoms with Gasteiger partial charge in [0.25, 0.3) is 0 Å². The number of hydrogen-bond donors (Lipinski definition) is 1. The first kappa shape index (κ1) is 18.2. The van der Waals surface area contributed by atoms with Gasteiger partial charge in [-0.05, 0) is 31.5 Å². The van der Waals surface area contributed by atoms with Crippen LogP contribution in [-0.4, -0.2) is 60.3 Å². The fourth-order valence-corrected chi connectivity index (χ4v) is 3.17. The molecule has 0 radical (unpaired) electrons. The Morgan fingerprint density at radius 1 is 1.31 bits per heavy atom. The van der Waals surface area contributed by atoms with Crippen molar-refractivity contribution in [3.05, 3.63) is 24.0 Å². The zero-order valence-corrected chi connectivity index (χ0v) is 15.7. The molecule has 0 atom stereocenters. The molecule has 1 N–H and O–H groups in total. The van der Waals surface area contributed by atoms with Crippen molar-refractivity contribution >= 4 is 22.8 Å². The van der Waals surface area contributed by atoms with Crippen LogP contribution in [0.2, 0.25) is 0 Å². The zero-order chi connectivity index (χ0) is 18.7. The van der Waals surface area contributed by atoms with E-state index in [-0.39, 0.29) is 6.03 Å². The van der Waals surface area contributed by atoms with Crippen LogP contribution >= 0.6 is 0 Å². The van der Waals surface area contributed by atoms with Crippen molar-refractivity contribution in [2.24, 2.45) is 5.92 Å². The van der Waals surface area contributed by atoms with Gasteiger partial charge in [-0.2, -0.15) is 5.26 Å². The van der Waals surface area contributed by atoms with Crippen molar-refractivity contribution in [1.29, 1.82) is 5.26 Å². The average molecular weight is 354 g/mol. The molecule has 26 heavy (non-hydrogen) atoms. The Bertz CT molecular complexity index is 826. The quantitative estimate of drug-likeness (QED) is 0.911. The first-order chi connectivity index (χ1) is 12.5. The summed E-state index contributed by atoms with van der Waals surface area (Å²) < 4.78 is 1.51. The summed E-state index contributed by atoms with van der Waals surface area (Å²) in [7, 11) is 2.11. The third-order valence-electron chi connectivity index (χ3n) is 4.82. The normalized spacial score (nSPS) is 15.4. The number of imidazole rings is 1. The zero-order valence-electron chi connectivity index (χ0n) is 15.7. The maximum absolute atomic E-state index is 12.5. The van der Waals surface area contributed by atoms with Crippen LogP contribution in [0.3, 0.4) is 0 Å². The number of hydrogen-bond acceptors (Lipinski definition) is 5. The second kappa shape index (κ2) is 7.75. The Morgan fingerprint density at radius 2 is 2.04 bits per heavy atom. The first-order valence-electron chi connectivity index (χ1n) is 9.12. The molecule has 7 nitrogen and oxygen atoms in total. The lowest BCUT2D eigenvalue weighted by Crippen LogP contribution is -2.44. The summed E-state index contributed by atoms with van der Waals surface area (Å²) in [6.07, 6.45) is 2.48. The van der Waals surface area contributed by atoms with Gasteiger partial charge in [0.15, 0.2) is 0 Å². The van der Waals surface area contributed by atoms with Crippen LogP contribution in [0.4, 0.5) is 10.5 Å². The molecule has 1 amide bonds. The van der Waals surface area contributed by atoms with Crippen LogP contribution in [0.5, 0.6) is 0 Å². The molecular weight excluding hydrogens is 328 g/mol. The van der Waals surface area contributed by atoms with Crippen LogP contribution < -0.4 is 10.2 Å². The third-order valence-corrected chi connectivity index (χ3v) is 4.82. The number of nitrogens with zero attached hydrogens (tertiary/aromatic N) is 5. The second-order valence-corrected chi connectivity index (χ2v) is 7.29. The van der Waals surface area contributed by atoms with Gasteiger partial charge in [-0.15, -0.1) is 0 Å². The summed E-state index contributed by atoms with van der Waals surface area (Å²) in [5.74, 6) is 0.531. The van der Waals surface area contributed by atoms with E-state index in [2.05, 4.69) is 47.1 Å². The minimum Gasteiger partial charge on any atom is -0.367 e. The van der Waals surface area contributed by atoms with Crippen LogP contribution in [-0.2, 0) is 0 Å². The van der Waals surface area contributed by atoms with E-state index in [1.807, 2.05) is 6.07 Å². The van der Waals surface area contributed by atoms with E-state index in [1.165, 1.54) is 4.57 Å². The molecule has 1 saturated heterocycles. The van der Waals surface area contributed by atoms with E-state index in [0.29, 0.717) is 23.5 Å². The van der Waals surface area contributed by atoms with E-state index >= 15 is 0 Å². The molecule has 2 aromatic rings. The number of carbonyl (C=O) groups excluding carboxylic acids is 1. The summed E-state index contributed by atoms with van der Waals surface area (Å²) in [6, 6.07) is 5.63. The summed E-state index contributed by atoms with van der Waals surface area (Å²) in [5.41, 5.74) is 2.93. The molecule has 0 aliphatic carbocycles. The maximum atomic E-state index is 12.5. The molecule has 7 heteroatoms. The van der Waals surface area contributed by atoms with Crippen LogP contribution in [0.25, 0.3) is 11.0 Å². The maximum Gasteiger partial charge on any atom is 0.327 e. The minimum atomic E-state index is -0.201. The fourth-order valence-electron chi connectivity index (χ4n) is 3.17. The Hall–Kier alpha value is -2.59. The topological polar surface area (TPSA) is 77.2 Å². The number of likely N-dealkylation sites (N-methyl/N-ethyl adjacent to an activating group) is 1. The predicted octanol–water partition coefficient (Wildman–Crippen LogP) is 2.26. The Balaban J connectivity index is 1.92. The van der Waals surface area contributed by atoms with Gasteiger partial charge in [0.2, 0.25) is 0 Å². The fraction of sp³-hybridized carbons (Fsp3) is 0.526. The SMILES string of the molecule is CC(C)CCNC(=O)n1cnc2c(N3CCN(C)CC3)cc(C#N)cc21. The van der Waals surface area contributed by atoms with E-state index in [9.17, 15) is 10.1 Å². The summed E-state index contributed by atoms with van der Waals surface area (Å²) >= 11 is 0. The van der Waals surface area contributed by atoms with Gasteiger partial charge in [0.05, 0.1) is 22.8 Å². The van der Waals surface area contributed by atoms with E-state index in [1.54, 1.807) is 12.4 Å². The number of anilines is 1. The number of nitriles is 1. The first-order valence-corrected chi connectivity index (χ1v) is 9.12. The number of aromatic nitrogens is 2. The molecule has 0 spiro atoms. The molecular formula is C19H26N6O. The van der Waals surface area contributed by atoms with Crippen LogP contribution in [0.15, 0.2) is 18.5 Å². The van der Waals surface area contributed by atoms with Crippen molar-refractivity contribution in [2.45, 2.75) is 20.3 Å². The highest BCUT2D eigenvalue weighted by Crippen LogP contribution is 2.28. The van der Waals surface area contributed by atoms with Gasteiger partial charge < -0.3 is 15.1 Å². The smallest absolute Gasteiger partial charge is 0.327 e. The summed E-state index contributed by atoms with van der Waals surface area (Å²) in [4.78, 5) is 21.6. The minimum absolute atomic E-state index is 0.201. The molecule has 2 heterocycles. The highest BCUT2D eigenvalue weighted by atomic mass is 16.2. The molecule has 0 unspecified atom stereocenters. The molecule has 0 saturated carbocycles. The van der Waals surface area contributed by atoms with Crippen molar-refractivity contribution in [2.75, 3.05) is 44.7 Å². The van der Waals surface area contributed by atoms with E-state index < -0.39 is 0 Å². The van der Waals surface area contributed by atoms with Crippen molar-refractivity contribution in [1.82, 2.24) is 19.8 Å². The molecule has 1 fully saturated rings. The highest BCUT2D eigenvalue weighted by Gasteiger charge is 2.20. The van der Waals surface area contributed by atoms with Gasteiger partial charge in [-0.1, -0.05) is 13.8 Å². The number of rotatable bonds is 4. The van der Waals surface area contributed by atoms with Gasteiger partial charge in [0, 0.05) is 32.7 Å². The lowest BCUT2D eigenvalue weighted by molar-refractivity contribution is 0.242. The number of benzene rings is 1. The van der Waals surface area contributed by atoms with E-state index in [0.717, 1.165) is 43.8 Å². The number of nitrogens with one attached hydrogen (secondary N) is 1. The van der Waals surface area contributed by atoms with Crippen molar-refractivity contribution in [3.8, 4) is 6.07 Å². The van der Waals surface area contributed by atoms with Crippen LogP contribution in [0, 0.1) is 17.2 Å². The summed E-state index contributed by atoms with van der Waals surface area (Å²) in [6.45, 7) is 8.57. The van der Waals surface area contributed by atoms with Crippen molar-refractivity contribution in [3.63, 3.8) is 0 Å². The standard InChI is InChI=1S/C19H26N6O/c1-14(2)4-5-21-19(26)25-13-22-18-16(10-15(12-20)11-17(18)25)24-8-6-23(3)7-9-24/h10-11,13-14H,4-9H2,1-3H3,(H,21,26).